The SMILES string of the molecule is CC(O)c1ccccc1NC(c1cccs1)C1CC1. The number of hydrogen-bond acceptors (Lipinski definition) is 3. The van der Waals surface area contributed by atoms with Crippen LogP contribution in [0.5, 0.6) is 0 Å². The summed E-state index contributed by atoms with van der Waals surface area (Å²) in [5, 5.41) is 15.6. The van der Waals surface area contributed by atoms with Crippen LogP contribution in [-0.4, -0.2) is 5.11 Å². The van der Waals surface area contributed by atoms with Gasteiger partial charge in [0.15, 0.2) is 0 Å². The van der Waals surface area contributed by atoms with E-state index in [0.29, 0.717) is 6.04 Å². The van der Waals surface area contributed by atoms with Gasteiger partial charge in [-0.3, -0.25) is 0 Å². The van der Waals surface area contributed by atoms with Gasteiger partial charge in [-0.05, 0) is 43.2 Å². The highest BCUT2D eigenvalue weighted by molar-refractivity contribution is 7.10. The summed E-state index contributed by atoms with van der Waals surface area (Å²) < 4.78 is 0. The lowest BCUT2D eigenvalue weighted by Crippen LogP contribution is -2.13. The molecule has 0 amide bonds. The van der Waals surface area contributed by atoms with Crippen molar-refractivity contribution >= 4 is 17.0 Å². The summed E-state index contributed by atoms with van der Waals surface area (Å²) in [7, 11) is 0. The Labute approximate surface area is 118 Å². The van der Waals surface area contributed by atoms with Gasteiger partial charge in [0.05, 0.1) is 12.1 Å². The van der Waals surface area contributed by atoms with Crippen LogP contribution in [-0.2, 0) is 0 Å². The van der Waals surface area contributed by atoms with Gasteiger partial charge in [-0.25, -0.2) is 0 Å². The Hall–Kier alpha value is -1.32. The molecule has 2 unspecified atom stereocenters. The zero-order valence-electron chi connectivity index (χ0n) is 11.0. The second-order valence-electron chi connectivity index (χ2n) is 5.24. The Morgan fingerprint density at radius 3 is 2.63 bits per heavy atom. The standard InChI is InChI=1S/C16H19NOS/c1-11(18)13-5-2-3-6-14(13)17-16(12-8-9-12)15-7-4-10-19-15/h2-7,10-12,16-18H,8-9H2,1H3. The first-order chi connectivity index (χ1) is 9.25. The second-order valence-corrected chi connectivity index (χ2v) is 6.22. The Balaban J connectivity index is 1.86. The largest absolute Gasteiger partial charge is 0.389 e. The summed E-state index contributed by atoms with van der Waals surface area (Å²) in [6.45, 7) is 1.82. The zero-order chi connectivity index (χ0) is 13.2. The Kier molecular flexibility index (Phi) is 3.58. The van der Waals surface area contributed by atoms with Crippen molar-refractivity contribution in [3.63, 3.8) is 0 Å². The molecular formula is C16H19NOS. The van der Waals surface area contributed by atoms with Crippen molar-refractivity contribution in [2.75, 3.05) is 5.32 Å². The van der Waals surface area contributed by atoms with Crippen LogP contribution in [0.3, 0.4) is 0 Å². The van der Waals surface area contributed by atoms with Crippen LogP contribution in [0.4, 0.5) is 5.69 Å². The smallest absolute Gasteiger partial charge is 0.0781 e. The van der Waals surface area contributed by atoms with E-state index in [1.165, 1.54) is 17.7 Å². The maximum absolute atomic E-state index is 9.86. The van der Waals surface area contributed by atoms with Crippen molar-refractivity contribution in [2.45, 2.75) is 31.9 Å². The Bertz CT molecular complexity index is 531. The van der Waals surface area contributed by atoms with Crippen LogP contribution in [0, 0.1) is 5.92 Å². The summed E-state index contributed by atoms with van der Waals surface area (Å²) in [6, 6.07) is 12.7. The van der Waals surface area contributed by atoms with Crippen molar-refractivity contribution in [1.82, 2.24) is 0 Å². The molecule has 3 rings (SSSR count). The third-order valence-corrected chi connectivity index (χ3v) is 4.62. The fraction of sp³-hybridized carbons (Fsp3) is 0.375. The molecule has 100 valence electrons. The monoisotopic (exact) mass is 273 g/mol. The van der Waals surface area contributed by atoms with Gasteiger partial charge in [0.25, 0.3) is 0 Å². The fourth-order valence-corrected chi connectivity index (χ4v) is 3.35. The quantitative estimate of drug-likeness (QED) is 0.848. The molecule has 2 N–H and O–H groups in total. The van der Waals surface area contributed by atoms with Gasteiger partial charge in [-0.15, -0.1) is 11.3 Å². The van der Waals surface area contributed by atoms with E-state index in [-0.39, 0.29) is 0 Å². The summed E-state index contributed by atoms with van der Waals surface area (Å²) in [6.07, 6.45) is 2.16. The molecule has 1 aliphatic carbocycles. The van der Waals surface area contributed by atoms with Crippen molar-refractivity contribution in [3.8, 4) is 0 Å². The average molecular weight is 273 g/mol. The van der Waals surface area contributed by atoms with E-state index in [4.69, 9.17) is 0 Å². The normalized spacial score (nSPS) is 18.0. The number of anilines is 1. The first-order valence-corrected chi connectivity index (χ1v) is 7.70. The van der Waals surface area contributed by atoms with Gasteiger partial charge in [0, 0.05) is 16.1 Å². The van der Waals surface area contributed by atoms with Crippen molar-refractivity contribution in [2.24, 2.45) is 5.92 Å². The molecule has 2 atom stereocenters. The van der Waals surface area contributed by atoms with Gasteiger partial charge >= 0.3 is 0 Å². The number of thiophene rings is 1. The number of para-hydroxylation sites is 1. The predicted octanol–water partition coefficient (Wildman–Crippen LogP) is 4.36. The number of benzene rings is 1. The van der Waals surface area contributed by atoms with Gasteiger partial charge in [-0.2, -0.15) is 0 Å². The number of hydrogen-bond donors (Lipinski definition) is 2. The Morgan fingerprint density at radius 2 is 2.00 bits per heavy atom. The number of aliphatic hydroxyl groups is 1. The minimum atomic E-state index is -0.438. The molecule has 1 aromatic heterocycles. The van der Waals surface area contributed by atoms with E-state index >= 15 is 0 Å². The number of nitrogens with one attached hydrogen (secondary N) is 1. The van der Waals surface area contributed by atoms with Crippen LogP contribution in [0.1, 0.15) is 42.4 Å². The molecule has 3 heteroatoms. The van der Waals surface area contributed by atoms with Crippen LogP contribution in [0.2, 0.25) is 0 Å². The molecular weight excluding hydrogens is 254 g/mol. The van der Waals surface area contributed by atoms with Gasteiger partial charge in [-0.1, -0.05) is 24.3 Å². The summed E-state index contributed by atoms with van der Waals surface area (Å²) in [5.74, 6) is 0.737. The lowest BCUT2D eigenvalue weighted by atomic mass is 10.1. The molecule has 1 aromatic carbocycles. The Morgan fingerprint density at radius 1 is 1.21 bits per heavy atom. The lowest BCUT2D eigenvalue weighted by molar-refractivity contribution is 0.200. The third kappa shape index (κ3) is 2.82. The van der Waals surface area contributed by atoms with Gasteiger partial charge < -0.3 is 10.4 Å². The van der Waals surface area contributed by atoms with Crippen LogP contribution in [0.15, 0.2) is 41.8 Å². The molecule has 2 aromatic rings. The maximum atomic E-state index is 9.86. The van der Waals surface area contributed by atoms with Crippen LogP contribution < -0.4 is 5.32 Å². The molecule has 0 bridgehead atoms. The third-order valence-electron chi connectivity index (χ3n) is 3.67. The van der Waals surface area contributed by atoms with Crippen molar-refractivity contribution in [3.05, 3.63) is 52.2 Å². The first-order valence-electron chi connectivity index (χ1n) is 6.82. The van der Waals surface area contributed by atoms with Crippen LogP contribution in [0.25, 0.3) is 0 Å². The average Bonchev–Trinajstić information content (AvgIpc) is 3.11. The van der Waals surface area contributed by atoms with E-state index < -0.39 is 6.10 Å². The van der Waals surface area contributed by atoms with E-state index in [0.717, 1.165) is 17.2 Å². The van der Waals surface area contributed by atoms with Crippen LogP contribution >= 0.6 is 11.3 Å². The highest BCUT2D eigenvalue weighted by atomic mass is 32.1. The maximum Gasteiger partial charge on any atom is 0.0781 e. The minimum Gasteiger partial charge on any atom is -0.389 e. The van der Waals surface area contributed by atoms with E-state index in [1.54, 1.807) is 0 Å². The highest BCUT2D eigenvalue weighted by Crippen LogP contribution is 2.44. The predicted molar refractivity (Wildman–Crippen MR) is 80.5 cm³/mol. The fourth-order valence-electron chi connectivity index (χ4n) is 2.48. The summed E-state index contributed by atoms with van der Waals surface area (Å²) in [4.78, 5) is 1.39. The molecule has 1 saturated carbocycles. The molecule has 1 fully saturated rings. The minimum absolute atomic E-state index is 0.389. The zero-order valence-corrected chi connectivity index (χ0v) is 11.9. The van der Waals surface area contributed by atoms with E-state index in [2.05, 4.69) is 28.9 Å². The van der Waals surface area contributed by atoms with Crippen molar-refractivity contribution in [1.29, 1.82) is 0 Å². The summed E-state index contributed by atoms with van der Waals surface area (Å²) >= 11 is 1.81. The molecule has 0 saturated heterocycles. The van der Waals surface area contributed by atoms with E-state index in [9.17, 15) is 5.11 Å². The first kappa shape index (κ1) is 12.7. The molecule has 0 radical (unpaired) electrons. The molecule has 19 heavy (non-hydrogen) atoms. The van der Waals surface area contributed by atoms with Crippen molar-refractivity contribution < 1.29 is 5.11 Å². The summed E-state index contributed by atoms with van der Waals surface area (Å²) in [5.41, 5.74) is 2.03. The molecule has 1 heterocycles. The highest BCUT2D eigenvalue weighted by Gasteiger charge is 2.33. The van der Waals surface area contributed by atoms with Gasteiger partial charge in [0.1, 0.15) is 0 Å². The molecule has 0 aliphatic heterocycles. The topological polar surface area (TPSA) is 32.3 Å². The second kappa shape index (κ2) is 5.35. The van der Waals surface area contributed by atoms with E-state index in [1.807, 2.05) is 36.5 Å². The van der Waals surface area contributed by atoms with Gasteiger partial charge in [0.2, 0.25) is 0 Å². The molecule has 0 spiro atoms. The lowest BCUT2D eigenvalue weighted by Gasteiger charge is -2.21. The number of rotatable bonds is 5. The molecule has 2 nitrogen and oxygen atoms in total. The molecule has 1 aliphatic rings. The number of aliphatic hydroxyl groups excluding tert-OH is 1.